The van der Waals surface area contributed by atoms with E-state index in [1.54, 1.807) is 0 Å². The highest BCUT2D eigenvalue weighted by atomic mass is 19.1. The fourth-order valence-corrected chi connectivity index (χ4v) is 2.09. The summed E-state index contributed by atoms with van der Waals surface area (Å²) in [5.41, 5.74) is -0.854. The van der Waals surface area contributed by atoms with Crippen molar-refractivity contribution in [2.75, 3.05) is 0 Å². The van der Waals surface area contributed by atoms with Gasteiger partial charge in [-0.15, -0.1) is 0 Å². The van der Waals surface area contributed by atoms with Crippen LogP contribution < -0.4 is 5.56 Å². The van der Waals surface area contributed by atoms with Gasteiger partial charge in [0, 0.05) is 6.07 Å². The number of aromatic nitrogens is 1. The van der Waals surface area contributed by atoms with Crippen molar-refractivity contribution in [3.05, 3.63) is 33.5 Å². The van der Waals surface area contributed by atoms with Crippen LogP contribution in [0.25, 0.3) is 0 Å². The topological polar surface area (TPSA) is 62.3 Å². The number of halogens is 2. The van der Waals surface area contributed by atoms with Crippen LogP contribution in [-0.4, -0.2) is 28.5 Å². The van der Waals surface area contributed by atoms with Crippen LogP contribution >= 0.6 is 0 Å². The van der Waals surface area contributed by atoms with Gasteiger partial charge in [-0.2, -0.15) is 0 Å². The average Bonchev–Trinajstić information content (AvgIpc) is 2.57. The molecule has 0 aliphatic carbocycles. The Morgan fingerprint density at radius 2 is 2.21 bits per heavy atom. The lowest BCUT2D eigenvalue weighted by Gasteiger charge is -2.15. The second-order valence-corrected chi connectivity index (χ2v) is 4.34. The fraction of sp³-hybridized carbons (Fsp3) is 0.462. The van der Waals surface area contributed by atoms with E-state index in [1.165, 1.54) is 13.8 Å². The van der Waals surface area contributed by atoms with Gasteiger partial charge >= 0.3 is 0 Å². The minimum Gasteiger partial charge on any atom is -0.387 e. The van der Waals surface area contributed by atoms with E-state index in [1.807, 2.05) is 0 Å². The summed E-state index contributed by atoms with van der Waals surface area (Å²) >= 11 is 0. The van der Waals surface area contributed by atoms with Crippen molar-refractivity contribution in [2.24, 2.45) is 0 Å². The van der Waals surface area contributed by atoms with E-state index < -0.39 is 35.9 Å². The number of pyridine rings is 1. The van der Waals surface area contributed by atoms with Crippen molar-refractivity contribution < 1.29 is 18.6 Å². The minimum absolute atomic E-state index is 0.0264. The van der Waals surface area contributed by atoms with Crippen molar-refractivity contribution in [1.82, 2.24) is 4.98 Å². The molecule has 1 aliphatic heterocycles. The molecule has 2 rings (SSSR count). The molecule has 0 saturated carbocycles. The Labute approximate surface area is 108 Å². The molecular formula is C13H13F2NO3. The fourth-order valence-electron chi connectivity index (χ4n) is 2.09. The van der Waals surface area contributed by atoms with Crippen LogP contribution in [0.3, 0.4) is 0 Å². The number of aromatic amines is 1. The molecule has 1 aromatic rings. The maximum Gasteiger partial charge on any atom is 0.251 e. The Morgan fingerprint density at radius 3 is 2.74 bits per heavy atom. The highest BCUT2D eigenvalue weighted by Crippen LogP contribution is 2.37. The van der Waals surface area contributed by atoms with Crippen molar-refractivity contribution in [3.63, 3.8) is 0 Å². The average molecular weight is 269 g/mol. The molecule has 0 amide bonds. The van der Waals surface area contributed by atoms with Gasteiger partial charge in [0.05, 0.1) is 11.7 Å². The number of alkyl halides is 1. The maximum atomic E-state index is 13.9. The third kappa shape index (κ3) is 2.39. The Kier molecular flexibility index (Phi) is 3.69. The largest absolute Gasteiger partial charge is 0.387 e. The zero-order valence-corrected chi connectivity index (χ0v) is 10.4. The van der Waals surface area contributed by atoms with Crippen molar-refractivity contribution in [1.29, 1.82) is 0 Å². The van der Waals surface area contributed by atoms with Gasteiger partial charge in [-0.3, -0.25) is 4.79 Å². The summed E-state index contributed by atoms with van der Waals surface area (Å²) in [6.07, 6.45) is -5.14. The molecule has 1 unspecified atom stereocenters. The molecule has 2 heterocycles. The van der Waals surface area contributed by atoms with E-state index in [-0.39, 0.29) is 11.3 Å². The summed E-state index contributed by atoms with van der Waals surface area (Å²) in [6, 6.07) is 0.710. The smallest absolute Gasteiger partial charge is 0.251 e. The zero-order valence-electron chi connectivity index (χ0n) is 10.4. The highest BCUT2D eigenvalue weighted by Gasteiger charge is 2.44. The van der Waals surface area contributed by atoms with Crippen LogP contribution in [0.5, 0.6) is 0 Å². The molecule has 1 aromatic heterocycles. The van der Waals surface area contributed by atoms with Crippen LogP contribution in [-0.2, 0) is 4.74 Å². The Bertz CT molecular complexity index is 602. The van der Waals surface area contributed by atoms with Gasteiger partial charge in [0.1, 0.15) is 23.7 Å². The lowest BCUT2D eigenvalue weighted by atomic mass is 10.0. The molecule has 102 valence electrons. The third-order valence-electron chi connectivity index (χ3n) is 3.02. The van der Waals surface area contributed by atoms with Gasteiger partial charge in [0.2, 0.25) is 0 Å². The van der Waals surface area contributed by atoms with Gasteiger partial charge in [0.25, 0.3) is 5.56 Å². The summed E-state index contributed by atoms with van der Waals surface area (Å²) in [5.74, 6) is 4.13. The van der Waals surface area contributed by atoms with Crippen molar-refractivity contribution in [2.45, 2.75) is 38.3 Å². The van der Waals surface area contributed by atoms with Gasteiger partial charge < -0.3 is 14.8 Å². The maximum absolute atomic E-state index is 13.9. The van der Waals surface area contributed by atoms with Crippen LogP contribution in [0, 0.1) is 17.7 Å². The molecule has 1 fully saturated rings. The van der Waals surface area contributed by atoms with Crippen molar-refractivity contribution in [3.8, 4) is 11.8 Å². The van der Waals surface area contributed by atoms with Gasteiger partial charge in [0.15, 0.2) is 6.17 Å². The summed E-state index contributed by atoms with van der Waals surface area (Å²) < 4.78 is 33.1. The second-order valence-electron chi connectivity index (χ2n) is 4.34. The van der Waals surface area contributed by atoms with Crippen LogP contribution in [0.4, 0.5) is 8.78 Å². The van der Waals surface area contributed by atoms with E-state index in [0.717, 1.165) is 0 Å². The Morgan fingerprint density at radius 1 is 1.53 bits per heavy atom. The Hall–Kier alpha value is -1.71. The highest BCUT2D eigenvalue weighted by molar-refractivity contribution is 5.38. The van der Waals surface area contributed by atoms with E-state index in [0.29, 0.717) is 6.07 Å². The third-order valence-corrected chi connectivity index (χ3v) is 3.02. The van der Waals surface area contributed by atoms with Crippen LogP contribution in [0.2, 0.25) is 0 Å². The molecule has 6 heteroatoms. The molecule has 4 atom stereocenters. The Balaban J connectivity index is 2.55. The predicted octanol–water partition coefficient (Wildman–Crippen LogP) is 1.04. The molecule has 1 saturated heterocycles. The molecule has 0 bridgehead atoms. The lowest BCUT2D eigenvalue weighted by Crippen LogP contribution is -2.26. The minimum atomic E-state index is -1.77. The van der Waals surface area contributed by atoms with Crippen molar-refractivity contribution >= 4 is 0 Å². The molecule has 0 radical (unpaired) electrons. The summed E-state index contributed by atoms with van der Waals surface area (Å²) in [6.45, 7) is 3.00. The second kappa shape index (κ2) is 5.11. The summed E-state index contributed by atoms with van der Waals surface area (Å²) in [5, 5.41) is 9.53. The molecule has 19 heavy (non-hydrogen) atoms. The first-order valence-corrected chi connectivity index (χ1v) is 5.78. The van der Waals surface area contributed by atoms with Gasteiger partial charge in [-0.25, -0.2) is 8.78 Å². The first kappa shape index (κ1) is 13.7. The number of hydrogen-bond donors (Lipinski definition) is 2. The molecule has 2 N–H and O–H groups in total. The number of aliphatic hydroxyl groups excluding tert-OH is 1. The molecular weight excluding hydrogens is 256 g/mol. The van der Waals surface area contributed by atoms with Gasteiger partial charge in [-0.1, -0.05) is 5.92 Å². The number of ether oxygens (including phenoxy) is 1. The number of aliphatic hydroxyl groups is 1. The van der Waals surface area contributed by atoms with Crippen LogP contribution in [0.15, 0.2) is 10.9 Å². The molecule has 0 spiro atoms. The van der Waals surface area contributed by atoms with E-state index in [9.17, 15) is 18.7 Å². The number of hydrogen-bond acceptors (Lipinski definition) is 3. The predicted molar refractivity (Wildman–Crippen MR) is 63.8 cm³/mol. The molecule has 0 aromatic carbocycles. The number of nitrogens with one attached hydrogen (secondary N) is 1. The molecule has 1 aliphatic rings. The summed E-state index contributed by atoms with van der Waals surface area (Å²) in [7, 11) is 0. The van der Waals surface area contributed by atoms with Gasteiger partial charge in [-0.05, 0) is 19.8 Å². The SMILES string of the molecule is CC#Cc1[nH]c(=O)cc(F)c1[C@@H]1O[C@H](C)C(O)[C@@H]1F. The normalized spacial score (nSPS) is 29.9. The monoisotopic (exact) mass is 269 g/mol. The number of H-pyrrole nitrogens is 1. The lowest BCUT2D eigenvalue weighted by molar-refractivity contribution is 0.0194. The quantitative estimate of drug-likeness (QED) is 0.749. The van der Waals surface area contributed by atoms with Crippen LogP contribution in [0.1, 0.15) is 31.2 Å². The first-order chi connectivity index (χ1) is 8.95. The standard InChI is InChI=1S/C13H13F2NO3/c1-3-4-8-10(7(14)5-9(17)16-8)13-11(15)12(18)6(2)19-13/h5-6,11-13,18H,1-2H3,(H,16,17)/t6-,11+,12?,13+/m1/s1. The zero-order chi connectivity index (χ0) is 14.2. The van der Waals surface area contributed by atoms with E-state index >= 15 is 0 Å². The molecule has 4 nitrogen and oxygen atoms in total. The van der Waals surface area contributed by atoms with E-state index in [4.69, 9.17) is 4.74 Å². The number of rotatable bonds is 1. The van der Waals surface area contributed by atoms with E-state index in [2.05, 4.69) is 16.8 Å². The summed E-state index contributed by atoms with van der Waals surface area (Å²) in [4.78, 5) is 13.6. The first-order valence-electron chi connectivity index (χ1n) is 5.78.